The number of hydrogen-bond acceptors (Lipinski definition) is 7. The van der Waals surface area contributed by atoms with Gasteiger partial charge in [-0.05, 0) is 54.0 Å². The molecule has 2 aromatic rings. The fraction of sp³-hybridized carbons (Fsp3) is 0.458. The van der Waals surface area contributed by atoms with Gasteiger partial charge in [0, 0.05) is 45.5 Å². The number of sulfone groups is 1. The zero-order chi connectivity index (χ0) is 24.7. The quantitative estimate of drug-likeness (QED) is 0.543. The van der Waals surface area contributed by atoms with Crippen LogP contribution in [0.25, 0.3) is 0 Å². The normalized spacial score (nSPS) is 14.9. The molecule has 0 atom stereocenters. The Hall–Kier alpha value is -2.56. The highest BCUT2D eigenvalue weighted by atomic mass is 32.2. The molecule has 0 unspecified atom stereocenters. The van der Waals surface area contributed by atoms with Crippen molar-refractivity contribution in [1.82, 2.24) is 15.1 Å². The smallest absolute Gasteiger partial charge is 0.203 e. The van der Waals surface area contributed by atoms with E-state index in [0.717, 1.165) is 50.3 Å². The van der Waals surface area contributed by atoms with E-state index in [4.69, 9.17) is 26.4 Å². The van der Waals surface area contributed by atoms with Gasteiger partial charge in [-0.2, -0.15) is 0 Å². The van der Waals surface area contributed by atoms with Gasteiger partial charge < -0.3 is 24.4 Å². The molecule has 0 radical (unpaired) electrons. The second-order valence-corrected chi connectivity index (χ2v) is 10.6. The molecule has 8 nitrogen and oxygen atoms in total. The van der Waals surface area contributed by atoms with Crippen molar-refractivity contribution >= 4 is 27.2 Å². The molecule has 0 aliphatic carbocycles. The van der Waals surface area contributed by atoms with E-state index < -0.39 is 9.84 Å². The van der Waals surface area contributed by atoms with Crippen LogP contribution in [0.15, 0.2) is 41.3 Å². The number of rotatable bonds is 8. The molecule has 1 aliphatic rings. The van der Waals surface area contributed by atoms with E-state index in [2.05, 4.69) is 15.1 Å². The minimum Gasteiger partial charge on any atom is -0.493 e. The van der Waals surface area contributed by atoms with Gasteiger partial charge in [-0.1, -0.05) is 12.1 Å². The fourth-order valence-corrected chi connectivity index (χ4v) is 4.84. The zero-order valence-electron chi connectivity index (χ0n) is 20.2. The molecule has 1 heterocycles. The SMILES string of the molecule is COc1cc(CNC(=S)N2CCCN(Cc3ccc(S(C)(=O)=O)cc3)CC2)cc(OC)c1OC. The van der Waals surface area contributed by atoms with Gasteiger partial charge in [-0.25, -0.2) is 8.42 Å². The van der Waals surface area contributed by atoms with Crippen molar-refractivity contribution in [3.63, 3.8) is 0 Å². The first-order valence-electron chi connectivity index (χ1n) is 11.1. The van der Waals surface area contributed by atoms with Crippen molar-refractivity contribution < 1.29 is 22.6 Å². The van der Waals surface area contributed by atoms with Gasteiger partial charge in [-0.3, -0.25) is 4.90 Å². The molecule has 1 fully saturated rings. The number of hydrogen-bond donors (Lipinski definition) is 1. The Balaban J connectivity index is 1.54. The first-order chi connectivity index (χ1) is 16.2. The van der Waals surface area contributed by atoms with Crippen LogP contribution in [0.1, 0.15) is 17.5 Å². The van der Waals surface area contributed by atoms with E-state index in [1.807, 2.05) is 24.3 Å². The molecule has 1 N–H and O–H groups in total. The van der Waals surface area contributed by atoms with Gasteiger partial charge in [0.15, 0.2) is 26.4 Å². The molecule has 1 aliphatic heterocycles. The summed E-state index contributed by atoms with van der Waals surface area (Å²) in [7, 11) is 1.61. The van der Waals surface area contributed by atoms with Crippen LogP contribution >= 0.6 is 12.2 Å². The first-order valence-corrected chi connectivity index (χ1v) is 13.4. The summed E-state index contributed by atoms with van der Waals surface area (Å²) in [5.41, 5.74) is 2.08. The van der Waals surface area contributed by atoms with Gasteiger partial charge >= 0.3 is 0 Å². The van der Waals surface area contributed by atoms with Crippen LogP contribution < -0.4 is 19.5 Å². The summed E-state index contributed by atoms with van der Waals surface area (Å²) < 4.78 is 39.6. The lowest BCUT2D eigenvalue weighted by Gasteiger charge is -2.25. The average Bonchev–Trinajstić information content (AvgIpc) is 3.07. The summed E-state index contributed by atoms with van der Waals surface area (Å²) >= 11 is 5.67. The third kappa shape index (κ3) is 6.74. The van der Waals surface area contributed by atoms with Crippen LogP contribution in [-0.2, 0) is 22.9 Å². The Morgan fingerprint density at radius 1 is 0.941 bits per heavy atom. The molecular weight excluding hydrogens is 474 g/mol. The van der Waals surface area contributed by atoms with Gasteiger partial charge in [0.05, 0.1) is 26.2 Å². The van der Waals surface area contributed by atoms with Crippen molar-refractivity contribution in [2.75, 3.05) is 53.8 Å². The number of methoxy groups -OCH3 is 3. The Bertz CT molecular complexity index is 1070. The van der Waals surface area contributed by atoms with Crippen LogP contribution in [0.5, 0.6) is 17.2 Å². The van der Waals surface area contributed by atoms with Gasteiger partial charge in [0.25, 0.3) is 0 Å². The molecule has 2 aromatic carbocycles. The number of ether oxygens (including phenoxy) is 3. The van der Waals surface area contributed by atoms with Crippen LogP contribution in [0.4, 0.5) is 0 Å². The van der Waals surface area contributed by atoms with Crippen molar-refractivity contribution in [3.05, 3.63) is 47.5 Å². The largest absolute Gasteiger partial charge is 0.493 e. The maximum absolute atomic E-state index is 11.7. The van der Waals surface area contributed by atoms with Crippen molar-refractivity contribution in [2.45, 2.75) is 24.4 Å². The molecule has 0 saturated carbocycles. The summed E-state index contributed by atoms with van der Waals surface area (Å²) in [6, 6.07) is 11.0. The minimum atomic E-state index is -3.17. The van der Waals surface area contributed by atoms with Crippen LogP contribution in [-0.4, -0.2) is 77.1 Å². The summed E-state index contributed by atoms with van der Waals surface area (Å²) in [5.74, 6) is 1.79. The van der Waals surface area contributed by atoms with Crippen LogP contribution in [0, 0.1) is 0 Å². The molecule has 0 aromatic heterocycles. The predicted molar refractivity (Wildman–Crippen MR) is 137 cm³/mol. The Morgan fingerprint density at radius 3 is 2.15 bits per heavy atom. The standard InChI is InChI=1S/C24H33N3O5S2/c1-30-21-14-19(15-22(31-2)23(21)32-3)16-25-24(33)27-11-5-10-26(12-13-27)17-18-6-8-20(9-7-18)34(4,28)29/h6-9,14-15H,5,10-13,16-17H2,1-4H3,(H,25,33). The van der Waals surface area contributed by atoms with E-state index in [0.29, 0.717) is 33.8 Å². The topological polar surface area (TPSA) is 80.3 Å². The molecule has 1 saturated heterocycles. The van der Waals surface area contributed by atoms with Gasteiger partial charge in [0.1, 0.15) is 0 Å². The van der Waals surface area contributed by atoms with E-state index >= 15 is 0 Å². The summed E-state index contributed by atoms with van der Waals surface area (Å²) in [4.78, 5) is 4.92. The maximum Gasteiger partial charge on any atom is 0.203 e. The second-order valence-electron chi connectivity index (χ2n) is 8.23. The summed E-state index contributed by atoms with van der Waals surface area (Å²) in [5, 5.41) is 4.07. The first kappa shape index (κ1) is 26.1. The highest BCUT2D eigenvalue weighted by Crippen LogP contribution is 2.38. The van der Waals surface area contributed by atoms with Crippen LogP contribution in [0.2, 0.25) is 0 Å². The minimum absolute atomic E-state index is 0.349. The Morgan fingerprint density at radius 2 is 1.59 bits per heavy atom. The van der Waals surface area contributed by atoms with Crippen molar-refractivity contribution in [1.29, 1.82) is 0 Å². The average molecular weight is 508 g/mol. The van der Waals surface area contributed by atoms with Crippen molar-refractivity contribution in [3.8, 4) is 17.2 Å². The molecule has 3 rings (SSSR count). The van der Waals surface area contributed by atoms with E-state index in [-0.39, 0.29) is 0 Å². The summed E-state index contributed by atoms with van der Waals surface area (Å²) in [6.45, 7) is 4.86. The Labute approximate surface area is 207 Å². The molecule has 34 heavy (non-hydrogen) atoms. The van der Waals surface area contributed by atoms with E-state index in [1.54, 1.807) is 33.5 Å². The lowest BCUT2D eigenvalue weighted by Crippen LogP contribution is -2.41. The molecule has 0 amide bonds. The fourth-order valence-electron chi connectivity index (χ4n) is 3.96. The lowest BCUT2D eigenvalue weighted by molar-refractivity contribution is 0.277. The van der Waals surface area contributed by atoms with Gasteiger partial charge in [0.2, 0.25) is 5.75 Å². The highest BCUT2D eigenvalue weighted by Gasteiger charge is 2.18. The maximum atomic E-state index is 11.7. The number of thiocarbonyl (C=S) groups is 1. The summed E-state index contributed by atoms with van der Waals surface area (Å²) in [6.07, 6.45) is 2.22. The molecular formula is C24H33N3O5S2. The third-order valence-electron chi connectivity index (χ3n) is 5.80. The van der Waals surface area contributed by atoms with Gasteiger partial charge in [-0.15, -0.1) is 0 Å². The molecule has 186 valence electrons. The zero-order valence-corrected chi connectivity index (χ0v) is 21.8. The second kappa shape index (κ2) is 11.7. The van der Waals surface area contributed by atoms with E-state index in [1.165, 1.54) is 6.26 Å². The predicted octanol–water partition coefficient (Wildman–Crippen LogP) is 2.70. The van der Waals surface area contributed by atoms with Crippen molar-refractivity contribution in [2.24, 2.45) is 0 Å². The Kier molecular flexibility index (Phi) is 8.98. The highest BCUT2D eigenvalue weighted by molar-refractivity contribution is 7.90. The number of benzene rings is 2. The third-order valence-corrected chi connectivity index (χ3v) is 7.33. The van der Waals surface area contributed by atoms with E-state index in [9.17, 15) is 8.42 Å². The molecule has 0 bridgehead atoms. The number of nitrogens with zero attached hydrogens (tertiary/aromatic N) is 2. The lowest BCUT2D eigenvalue weighted by atomic mass is 10.2. The molecule has 0 spiro atoms. The molecule has 10 heteroatoms. The number of nitrogens with one attached hydrogen (secondary N) is 1. The van der Waals surface area contributed by atoms with Crippen LogP contribution in [0.3, 0.4) is 0 Å². The monoisotopic (exact) mass is 507 g/mol.